The molecule has 3 rings (SSSR count). The highest BCUT2D eigenvalue weighted by molar-refractivity contribution is 5.73. The number of rotatable bonds is 4. The largest absolute Gasteiger partial charge is 0.375 e. The summed E-state index contributed by atoms with van der Waals surface area (Å²) in [4.78, 5) is 19.9. The number of ether oxygens (including phenoxy) is 2. The van der Waals surface area contributed by atoms with Crippen LogP contribution in [0.5, 0.6) is 0 Å². The first-order valence-electron chi connectivity index (χ1n) is 8.63. The zero-order chi connectivity index (χ0) is 17.0. The molecule has 2 saturated heterocycles. The SMILES string of the molecule is CN(C)C(=O)N1CCC2(CC1)COC(COCc1ccccn1)C2. The van der Waals surface area contributed by atoms with Crippen molar-refractivity contribution in [1.29, 1.82) is 0 Å². The Morgan fingerprint density at radius 1 is 1.42 bits per heavy atom. The molecule has 1 aromatic heterocycles. The molecule has 0 bridgehead atoms. The van der Waals surface area contributed by atoms with Gasteiger partial charge >= 0.3 is 6.03 Å². The van der Waals surface area contributed by atoms with Gasteiger partial charge in [0.2, 0.25) is 0 Å². The molecule has 3 heterocycles. The number of carbonyl (C=O) groups is 1. The summed E-state index contributed by atoms with van der Waals surface area (Å²) in [5, 5.41) is 0. The van der Waals surface area contributed by atoms with E-state index < -0.39 is 0 Å². The molecule has 132 valence electrons. The summed E-state index contributed by atoms with van der Waals surface area (Å²) in [5.41, 5.74) is 1.17. The summed E-state index contributed by atoms with van der Waals surface area (Å²) >= 11 is 0. The van der Waals surface area contributed by atoms with Crippen molar-refractivity contribution >= 4 is 6.03 Å². The van der Waals surface area contributed by atoms with E-state index in [1.165, 1.54) is 0 Å². The fraction of sp³-hybridized carbons (Fsp3) is 0.667. The first-order valence-corrected chi connectivity index (χ1v) is 8.63. The van der Waals surface area contributed by atoms with Crippen LogP contribution in [0.4, 0.5) is 4.79 Å². The smallest absolute Gasteiger partial charge is 0.319 e. The Morgan fingerprint density at radius 2 is 2.21 bits per heavy atom. The van der Waals surface area contributed by atoms with Gasteiger partial charge in [0.15, 0.2) is 0 Å². The minimum Gasteiger partial charge on any atom is -0.375 e. The number of piperidine rings is 1. The van der Waals surface area contributed by atoms with E-state index in [1.54, 1.807) is 25.2 Å². The maximum absolute atomic E-state index is 12.0. The average molecular weight is 333 g/mol. The molecule has 2 aliphatic rings. The second kappa shape index (κ2) is 7.49. The minimum absolute atomic E-state index is 0.110. The van der Waals surface area contributed by atoms with E-state index in [9.17, 15) is 4.79 Å². The van der Waals surface area contributed by atoms with E-state index in [2.05, 4.69) is 4.98 Å². The van der Waals surface area contributed by atoms with Crippen molar-refractivity contribution in [2.24, 2.45) is 5.41 Å². The molecule has 0 radical (unpaired) electrons. The molecule has 2 amide bonds. The predicted molar refractivity (Wildman–Crippen MR) is 90.6 cm³/mol. The number of aromatic nitrogens is 1. The van der Waals surface area contributed by atoms with Crippen LogP contribution in [-0.2, 0) is 16.1 Å². The van der Waals surface area contributed by atoms with Crippen LogP contribution < -0.4 is 0 Å². The molecular formula is C18H27N3O3. The van der Waals surface area contributed by atoms with E-state index in [0.717, 1.165) is 44.7 Å². The van der Waals surface area contributed by atoms with Gasteiger partial charge in [-0.15, -0.1) is 0 Å². The van der Waals surface area contributed by atoms with Crippen LogP contribution in [0.3, 0.4) is 0 Å². The summed E-state index contributed by atoms with van der Waals surface area (Å²) < 4.78 is 11.7. The van der Waals surface area contributed by atoms with Crippen LogP contribution in [0.25, 0.3) is 0 Å². The van der Waals surface area contributed by atoms with Gasteiger partial charge in [-0.1, -0.05) is 6.07 Å². The molecule has 1 aromatic rings. The third kappa shape index (κ3) is 4.05. The fourth-order valence-corrected chi connectivity index (χ4v) is 3.58. The van der Waals surface area contributed by atoms with Crippen LogP contribution in [0.1, 0.15) is 25.0 Å². The van der Waals surface area contributed by atoms with Crippen molar-refractivity contribution in [2.75, 3.05) is 40.4 Å². The van der Waals surface area contributed by atoms with E-state index in [4.69, 9.17) is 9.47 Å². The van der Waals surface area contributed by atoms with Gasteiger partial charge in [0.05, 0.1) is 31.6 Å². The molecule has 6 heteroatoms. The summed E-state index contributed by atoms with van der Waals surface area (Å²) in [6.45, 7) is 3.57. The molecule has 1 atom stereocenters. The quantitative estimate of drug-likeness (QED) is 0.847. The first kappa shape index (κ1) is 17.2. The van der Waals surface area contributed by atoms with E-state index in [1.807, 2.05) is 23.1 Å². The standard InChI is InChI=1S/C18H27N3O3/c1-20(2)17(22)21-9-6-18(7-10-21)11-16(24-14-18)13-23-12-15-5-3-4-8-19-15/h3-5,8,16H,6-7,9-14H2,1-2H3. The maximum Gasteiger partial charge on any atom is 0.319 e. The summed E-state index contributed by atoms with van der Waals surface area (Å²) in [6.07, 6.45) is 5.00. The van der Waals surface area contributed by atoms with Gasteiger partial charge in [-0.05, 0) is 36.8 Å². The van der Waals surface area contributed by atoms with Crippen molar-refractivity contribution in [2.45, 2.75) is 32.0 Å². The van der Waals surface area contributed by atoms with Crippen LogP contribution in [-0.4, -0.2) is 67.3 Å². The lowest BCUT2D eigenvalue weighted by Gasteiger charge is -2.39. The van der Waals surface area contributed by atoms with Crippen LogP contribution in [0.2, 0.25) is 0 Å². The van der Waals surface area contributed by atoms with Gasteiger partial charge in [0.1, 0.15) is 0 Å². The molecule has 0 saturated carbocycles. The second-order valence-electron chi connectivity index (χ2n) is 7.14. The van der Waals surface area contributed by atoms with E-state index in [-0.39, 0.29) is 17.6 Å². The average Bonchev–Trinajstić information content (AvgIpc) is 2.98. The Labute approximate surface area is 143 Å². The molecule has 0 aromatic carbocycles. The maximum atomic E-state index is 12.0. The number of likely N-dealkylation sites (tertiary alicyclic amines) is 1. The number of hydrogen-bond donors (Lipinski definition) is 0. The van der Waals surface area contributed by atoms with Gasteiger partial charge < -0.3 is 19.3 Å². The summed E-state index contributed by atoms with van der Waals surface area (Å²) in [5.74, 6) is 0. The van der Waals surface area contributed by atoms with Gasteiger partial charge in [0.25, 0.3) is 0 Å². The Kier molecular flexibility index (Phi) is 5.36. The summed E-state index contributed by atoms with van der Waals surface area (Å²) in [6, 6.07) is 5.95. The van der Waals surface area contributed by atoms with Gasteiger partial charge in [-0.3, -0.25) is 4.98 Å². The lowest BCUT2D eigenvalue weighted by atomic mass is 9.77. The van der Waals surface area contributed by atoms with Crippen LogP contribution in [0, 0.1) is 5.41 Å². The fourth-order valence-electron chi connectivity index (χ4n) is 3.58. The highest BCUT2D eigenvalue weighted by Crippen LogP contribution is 2.42. The van der Waals surface area contributed by atoms with Crippen molar-refractivity contribution in [3.05, 3.63) is 30.1 Å². The number of carbonyl (C=O) groups excluding carboxylic acids is 1. The highest BCUT2D eigenvalue weighted by atomic mass is 16.5. The number of pyridine rings is 1. The van der Waals surface area contributed by atoms with Crippen molar-refractivity contribution in [3.63, 3.8) is 0 Å². The van der Waals surface area contributed by atoms with Crippen LogP contribution in [0.15, 0.2) is 24.4 Å². The third-order valence-corrected chi connectivity index (χ3v) is 5.04. The minimum atomic E-state index is 0.110. The zero-order valence-corrected chi connectivity index (χ0v) is 14.6. The third-order valence-electron chi connectivity index (χ3n) is 5.04. The van der Waals surface area contributed by atoms with Crippen molar-refractivity contribution in [3.8, 4) is 0 Å². The van der Waals surface area contributed by atoms with Gasteiger partial charge in [-0.2, -0.15) is 0 Å². The van der Waals surface area contributed by atoms with Crippen molar-refractivity contribution in [1.82, 2.24) is 14.8 Å². The van der Waals surface area contributed by atoms with Gasteiger partial charge in [0, 0.05) is 33.4 Å². The molecular weight excluding hydrogens is 306 g/mol. The Bertz CT molecular complexity index is 542. The topological polar surface area (TPSA) is 54.9 Å². The molecule has 1 spiro atoms. The predicted octanol–water partition coefficient (Wildman–Crippen LogP) is 2.15. The molecule has 6 nitrogen and oxygen atoms in total. The second-order valence-corrected chi connectivity index (χ2v) is 7.14. The zero-order valence-electron chi connectivity index (χ0n) is 14.6. The van der Waals surface area contributed by atoms with Crippen LogP contribution >= 0.6 is 0 Å². The molecule has 2 aliphatic heterocycles. The highest BCUT2D eigenvalue weighted by Gasteiger charge is 2.43. The Hall–Kier alpha value is -1.66. The molecule has 0 N–H and O–H groups in total. The number of amides is 2. The molecule has 1 unspecified atom stereocenters. The first-order chi connectivity index (χ1) is 11.6. The van der Waals surface area contributed by atoms with E-state index in [0.29, 0.717) is 13.2 Å². The number of urea groups is 1. The van der Waals surface area contributed by atoms with E-state index >= 15 is 0 Å². The Balaban J connectivity index is 1.42. The molecule has 24 heavy (non-hydrogen) atoms. The monoisotopic (exact) mass is 333 g/mol. The lowest BCUT2D eigenvalue weighted by Crippen LogP contribution is -2.47. The molecule has 2 fully saturated rings. The number of nitrogens with zero attached hydrogens (tertiary/aromatic N) is 3. The Morgan fingerprint density at radius 3 is 2.88 bits per heavy atom. The van der Waals surface area contributed by atoms with Gasteiger partial charge in [-0.25, -0.2) is 4.79 Å². The normalized spacial score (nSPS) is 22.8. The lowest BCUT2D eigenvalue weighted by molar-refractivity contribution is 0.00604. The summed E-state index contributed by atoms with van der Waals surface area (Å²) in [7, 11) is 3.61. The number of hydrogen-bond acceptors (Lipinski definition) is 4. The molecule has 0 aliphatic carbocycles. The van der Waals surface area contributed by atoms with Crippen molar-refractivity contribution < 1.29 is 14.3 Å².